The summed E-state index contributed by atoms with van der Waals surface area (Å²) < 4.78 is 29.8. The average Bonchev–Trinajstić information content (AvgIpc) is 2.37. The predicted octanol–water partition coefficient (Wildman–Crippen LogP) is -0.451. The standard InChI is InChI=1S/C10H16N4O3S/c1-18(15,16)14-5-6-17-9(8-14)7-13-10-11-3-2-4-12-10/h2-4,9H,5-8H2,1H3,(H,11,12,13). The van der Waals surface area contributed by atoms with Crippen LogP contribution in [0.1, 0.15) is 0 Å². The number of nitrogens with zero attached hydrogens (tertiary/aromatic N) is 3. The lowest BCUT2D eigenvalue weighted by Crippen LogP contribution is -2.47. The summed E-state index contributed by atoms with van der Waals surface area (Å²) in [6.07, 6.45) is 4.31. The first-order chi connectivity index (χ1) is 8.55. The fourth-order valence-electron chi connectivity index (χ4n) is 1.71. The van der Waals surface area contributed by atoms with E-state index in [0.717, 1.165) is 0 Å². The van der Waals surface area contributed by atoms with Gasteiger partial charge in [-0.05, 0) is 6.07 Å². The SMILES string of the molecule is CS(=O)(=O)N1CCOC(CNc2ncccn2)C1. The van der Waals surface area contributed by atoms with Gasteiger partial charge in [0.1, 0.15) is 0 Å². The Bertz CT molecular complexity index is 479. The number of aromatic nitrogens is 2. The van der Waals surface area contributed by atoms with E-state index in [-0.39, 0.29) is 6.10 Å². The highest BCUT2D eigenvalue weighted by Gasteiger charge is 2.26. The summed E-state index contributed by atoms with van der Waals surface area (Å²) in [7, 11) is -3.15. The van der Waals surface area contributed by atoms with Gasteiger partial charge >= 0.3 is 0 Å². The fourth-order valence-corrected chi connectivity index (χ4v) is 2.56. The second kappa shape index (κ2) is 5.59. The molecule has 0 radical (unpaired) electrons. The van der Waals surface area contributed by atoms with Crippen molar-refractivity contribution in [3.63, 3.8) is 0 Å². The predicted molar refractivity (Wildman–Crippen MR) is 66.7 cm³/mol. The van der Waals surface area contributed by atoms with Crippen molar-refractivity contribution in [2.24, 2.45) is 0 Å². The minimum atomic E-state index is -3.15. The first-order valence-electron chi connectivity index (χ1n) is 5.63. The molecule has 1 atom stereocenters. The zero-order valence-corrected chi connectivity index (χ0v) is 10.9. The lowest BCUT2D eigenvalue weighted by molar-refractivity contribution is 0.00696. The highest BCUT2D eigenvalue weighted by Crippen LogP contribution is 2.09. The van der Waals surface area contributed by atoms with Gasteiger partial charge in [-0.1, -0.05) is 0 Å². The minimum absolute atomic E-state index is 0.183. The van der Waals surface area contributed by atoms with Gasteiger partial charge in [-0.2, -0.15) is 4.31 Å². The van der Waals surface area contributed by atoms with Gasteiger partial charge < -0.3 is 10.1 Å². The molecule has 8 heteroatoms. The van der Waals surface area contributed by atoms with Crippen LogP contribution in [0.15, 0.2) is 18.5 Å². The van der Waals surface area contributed by atoms with Gasteiger partial charge in [0.15, 0.2) is 0 Å². The lowest BCUT2D eigenvalue weighted by Gasteiger charge is -2.31. The van der Waals surface area contributed by atoms with Gasteiger partial charge in [0.25, 0.3) is 0 Å². The normalized spacial score (nSPS) is 21.7. The first-order valence-corrected chi connectivity index (χ1v) is 7.48. The number of hydrogen-bond acceptors (Lipinski definition) is 6. The summed E-state index contributed by atoms with van der Waals surface area (Å²) in [5.41, 5.74) is 0. The molecule has 100 valence electrons. The highest BCUT2D eigenvalue weighted by molar-refractivity contribution is 7.88. The Labute approximate surface area is 106 Å². The van der Waals surface area contributed by atoms with Crippen molar-refractivity contribution < 1.29 is 13.2 Å². The third-order valence-corrected chi connectivity index (χ3v) is 3.89. The fraction of sp³-hybridized carbons (Fsp3) is 0.600. The zero-order chi connectivity index (χ0) is 13.0. The topological polar surface area (TPSA) is 84.4 Å². The molecule has 0 saturated carbocycles. The maximum absolute atomic E-state index is 11.4. The molecule has 1 aliphatic heterocycles. The number of ether oxygens (including phenoxy) is 1. The molecular formula is C10H16N4O3S. The van der Waals surface area contributed by atoms with E-state index in [1.807, 2.05) is 0 Å². The number of anilines is 1. The molecule has 1 aromatic rings. The second-order valence-electron chi connectivity index (χ2n) is 4.07. The highest BCUT2D eigenvalue weighted by atomic mass is 32.2. The Morgan fingerprint density at radius 3 is 2.89 bits per heavy atom. The van der Waals surface area contributed by atoms with E-state index < -0.39 is 10.0 Å². The van der Waals surface area contributed by atoms with Crippen LogP contribution in [-0.2, 0) is 14.8 Å². The van der Waals surface area contributed by atoms with Gasteiger partial charge in [-0.15, -0.1) is 0 Å². The number of morpholine rings is 1. The van der Waals surface area contributed by atoms with E-state index in [2.05, 4.69) is 15.3 Å². The molecule has 1 N–H and O–H groups in total. The Kier molecular flexibility index (Phi) is 4.10. The Morgan fingerprint density at radius 1 is 1.50 bits per heavy atom. The molecule has 1 aromatic heterocycles. The molecule has 2 heterocycles. The maximum atomic E-state index is 11.4. The number of sulfonamides is 1. The van der Waals surface area contributed by atoms with E-state index >= 15 is 0 Å². The first kappa shape index (κ1) is 13.2. The van der Waals surface area contributed by atoms with E-state index in [1.165, 1.54) is 10.6 Å². The molecule has 1 unspecified atom stereocenters. The van der Waals surface area contributed by atoms with E-state index in [4.69, 9.17) is 4.74 Å². The zero-order valence-electron chi connectivity index (χ0n) is 10.1. The third-order valence-electron chi connectivity index (χ3n) is 2.62. The molecule has 0 bridgehead atoms. The minimum Gasteiger partial charge on any atom is -0.374 e. The van der Waals surface area contributed by atoms with Crippen LogP contribution < -0.4 is 5.32 Å². The van der Waals surface area contributed by atoms with Crippen LogP contribution in [0.5, 0.6) is 0 Å². The van der Waals surface area contributed by atoms with Crippen LogP contribution in [0.3, 0.4) is 0 Å². The summed E-state index contributed by atoms with van der Waals surface area (Å²) >= 11 is 0. The van der Waals surface area contributed by atoms with E-state index in [1.54, 1.807) is 18.5 Å². The van der Waals surface area contributed by atoms with Crippen LogP contribution in [0, 0.1) is 0 Å². The van der Waals surface area contributed by atoms with Crippen LogP contribution in [0.4, 0.5) is 5.95 Å². The summed E-state index contributed by atoms with van der Waals surface area (Å²) in [5.74, 6) is 0.512. The van der Waals surface area contributed by atoms with Crippen molar-refractivity contribution in [3.8, 4) is 0 Å². The summed E-state index contributed by atoms with van der Waals surface area (Å²) in [6.45, 7) is 1.67. The Morgan fingerprint density at radius 2 is 2.22 bits per heavy atom. The van der Waals surface area contributed by atoms with Crippen molar-refractivity contribution in [1.29, 1.82) is 0 Å². The quantitative estimate of drug-likeness (QED) is 0.799. The maximum Gasteiger partial charge on any atom is 0.222 e. The Balaban J connectivity index is 1.87. The molecule has 0 aliphatic carbocycles. The molecule has 0 spiro atoms. The average molecular weight is 272 g/mol. The molecule has 1 saturated heterocycles. The van der Waals surface area contributed by atoms with Crippen molar-refractivity contribution in [1.82, 2.24) is 14.3 Å². The van der Waals surface area contributed by atoms with Gasteiger partial charge in [0.05, 0.1) is 19.0 Å². The third kappa shape index (κ3) is 3.62. The molecule has 0 aromatic carbocycles. The smallest absolute Gasteiger partial charge is 0.222 e. The Hall–Kier alpha value is -1.25. The monoisotopic (exact) mass is 272 g/mol. The number of nitrogens with one attached hydrogen (secondary N) is 1. The molecule has 18 heavy (non-hydrogen) atoms. The summed E-state index contributed by atoms with van der Waals surface area (Å²) in [6, 6.07) is 1.73. The van der Waals surface area contributed by atoms with Crippen LogP contribution in [-0.4, -0.2) is 61.3 Å². The molecule has 1 fully saturated rings. The summed E-state index contributed by atoms with van der Waals surface area (Å²) in [5, 5.41) is 3.02. The number of hydrogen-bond donors (Lipinski definition) is 1. The molecule has 7 nitrogen and oxygen atoms in total. The lowest BCUT2D eigenvalue weighted by atomic mass is 10.3. The molecule has 1 aliphatic rings. The van der Waals surface area contributed by atoms with Crippen LogP contribution in [0.2, 0.25) is 0 Å². The van der Waals surface area contributed by atoms with Crippen molar-refractivity contribution in [2.45, 2.75) is 6.10 Å². The van der Waals surface area contributed by atoms with Crippen molar-refractivity contribution in [3.05, 3.63) is 18.5 Å². The number of rotatable bonds is 4. The van der Waals surface area contributed by atoms with Gasteiger partial charge in [0.2, 0.25) is 16.0 Å². The van der Waals surface area contributed by atoms with E-state index in [0.29, 0.717) is 32.2 Å². The van der Waals surface area contributed by atoms with Crippen LogP contribution in [0.25, 0.3) is 0 Å². The summed E-state index contributed by atoms with van der Waals surface area (Å²) in [4.78, 5) is 8.04. The van der Waals surface area contributed by atoms with Gasteiger partial charge in [0, 0.05) is 32.0 Å². The van der Waals surface area contributed by atoms with Crippen molar-refractivity contribution >= 4 is 16.0 Å². The van der Waals surface area contributed by atoms with E-state index in [9.17, 15) is 8.42 Å². The molecule has 0 amide bonds. The molecular weight excluding hydrogens is 256 g/mol. The second-order valence-corrected chi connectivity index (χ2v) is 6.05. The van der Waals surface area contributed by atoms with Crippen molar-refractivity contribution in [2.75, 3.05) is 37.8 Å². The van der Waals surface area contributed by atoms with Gasteiger partial charge in [-0.3, -0.25) is 0 Å². The van der Waals surface area contributed by atoms with Gasteiger partial charge in [-0.25, -0.2) is 18.4 Å². The largest absolute Gasteiger partial charge is 0.374 e. The van der Waals surface area contributed by atoms with Crippen LogP contribution >= 0.6 is 0 Å². The molecule has 2 rings (SSSR count).